The fraction of sp³-hybridized carbons (Fsp3) is 0.263. The number of carbonyl (C=O) groups excluding carboxylic acids is 2. The van der Waals surface area contributed by atoms with Crippen LogP contribution in [-0.2, 0) is 14.8 Å². The second-order valence-electron chi connectivity index (χ2n) is 6.07. The van der Waals surface area contributed by atoms with Crippen LogP contribution in [0.5, 0.6) is 5.75 Å². The maximum Gasteiger partial charge on any atom is 0.251 e. The van der Waals surface area contributed by atoms with E-state index in [9.17, 15) is 18.0 Å². The lowest BCUT2D eigenvalue weighted by Gasteiger charge is -2.12. The van der Waals surface area contributed by atoms with Crippen molar-refractivity contribution in [3.8, 4) is 5.75 Å². The van der Waals surface area contributed by atoms with Crippen molar-refractivity contribution in [2.45, 2.75) is 18.7 Å². The Morgan fingerprint density at radius 3 is 2.32 bits per heavy atom. The molecular weight excluding hydrogens is 382 g/mol. The van der Waals surface area contributed by atoms with Gasteiger partial charge in [-0.3, -0.25) is 9.59 Å². The summed E-state index contributed by atoms with van der Waals surface area (Å²) < 4.78 is 32.5. The van der Waals surface area contributed by atoms with Crippen LogP contribution in [0.15, 0.2) is 47.4 Å². The van der Waals surface area contributed by atoms with Crippen LogP contribution in [0.25, 0.3) is 0 Å². The zero-order chi connectivity index (χ0) is 20.7. The van der Waals surface area contributed by atoms with Crippen LogP contribution >= 0.6 is 0 Å². The molecule has 0 aliphatic rings. The molecule has 0 aromatic heterocycles. The summed E-state index contributed by atoms with van der Waals surface area (Å²) in [7, 11) is -2.37. The number of anilines is 1. The average molecular weight is 405 g/mol. The first-order valence-electron chi connectivity index (χ1n) is 8.53. The lowest BCUT2D eigenvalue weighted by atomic mass is 10.2. The molecule has 2 aromatic rings. The van der Waals surface area contributed by atoms with E-state index in [1.807, 2.05) is 0 Å². The molecule has 0 bridgehead atoms. The third-order valence-corrected chi connectivity index (χ3v) is 5.26. The predicted octanol–water partition coefficient (Wildman–Crippen LogP) is 1.67. The monoisotopic (exact) mass is 405 g/mol. The molecular formula is C19H23N3O5S. The Morgan fingerprint density at radius 1 is 1.04 bits per heavy atom. The Bertz CT molecular complexity index is 956. The topological polar surface area (TPSA) is 114 Å². The van der Waals surface area contributed by atoms with Gasteiger partial charge >= 0.3 is 0 Å². The molecule has 150 valence electrons. The number of ether oxygens (including phenoxy) is 1. The van der Waals surface area contributed by atoms with E-state index in [2.05, 4.69) is 15.4 Å². The minimum atomic E-state index is -3.77. The van der Waals surface area contributed by atoms with Crippen LogP contribution in [0.2, 0.25) is 0 Å². The quantitative estimate of drug-likeness (QED) is 0.578. The molecule has 8 nitrogen and oxygen atoms in total. The lowest BCUT2D eigenvalue weighted by molar-refractivity contribution is -0.114. The minimum absolute atomic E-state index is 0.0230. The zero-order valence-electron chi connectivity index (χ0n) is 15.9. The number of hydrogen-bond donors (Lipinski definition) is 3. The van der Waals surface area contributed by atoms with Crippen molar-refractivity contribution >= 4 is 27.5 Å². The number of rotatable bonds is 8. The van der Waals surface area contributed by atoms with Gasteiger partial charge in [0.05, 0.1) is 7.11 Å². The van der Waals surface area contributed by atoms with Gasteiger partial charge in [0.1, 0.15) is 10.6 Å². The van der Waals surface area contributed by atoms with Crippen molar-refractivity contribution in [1.29, 1.82) is 0 Å². The first-order chi connectivity index (χ1) is 13.2. The highest BCUT2D eigenvalue weighted by Crippen LogP contribution is 2.24. The number of nitrogens with one attached hydrogen (secondary N) is 3. The number of aryl methyl sites for hydroxylation is 1. The van der Waals surface area contributed by atoms with Gasteiger partial charge in [-0.05, 0) is 48.9 Å². The van der Waals surface area contributed by atoms with Crippen LogP contribution in [0.4, 0.5) is 5.69 Å². The van der Waals surface area contributed by atoms with E-state index in [4.69, 9.17) is 4.74 Å². The Balaban J connectivity index is 1.90. The summed E-state index contributed by atoms with van der Waals surface area (Å²) >= 11 is 0. The highest BCUT2D eigenvalue weighted by Gasteiger charge is 2.19. The van der Waals surface area contributed by atoms with Gasteiger partial charge in [-0.15, -0.1) is 0 Å². The van der Waals surface area contributed by atoms with Gasteiger partial charge in [0.2, 0.25) is 15.9 Å². The average Bonchev–Trinajstić information content (AvgIpc) is 2.65. The lowest BCUT2D eigenvalue weighted by Crippen LogP contribution is -2.34. The number of benzene rings is 2. The van der Waals surface area contributed by atoms with Crippen LogP contribution in [-0.4, -0.2) is 40.4 Å². The smallest absolute Gasteiger partial charge is 0.251 e. The molecule has 28 heavy (non-hydrogen) atoms. The summed E-state index contributed by atoms with van der Waals surface area (Å²) in [6, 6.07) is 11.2. The van der Waals surface area contributed by atoms with Crippen molar-refractivity contribution in [1.82, 2.24) is 10.0 Å². The van der Waals surface area contributed by atoms with Gasteiger partial charge in [0.15, 0.2) is 0 Å². The van der Waals surface area contributed by atoms with E-state index in [0.717, 1.165) is 5.56 Å². The molecule has 0 fully saturated rings. The van der Waals surface area contributed by atoms with E-state index < -0.39 is 10.0 Å². The van der Waals surface area contributed by atoms with Crippen molar-refractivity contribution in [3.05, 3.63) is 53.6 Å². The summed E-state index contributed by atoms with van der Waals surface area (Å²) in [5.41, 5.74) is 1.78. The molecule has 0 saturated heterocycles. The Labute approximate surface area is 164 Å². The number of methoxy groups -OCH3 is 1. The van der Waals surface area contributed by atoms with Crippen LogP contribution in [0, 0.1) is 6.92 Å². The summed E-state index contributed by atoms with van der Waals surface area (Å²) in [5, 5.41) is 5.25. The molecule has 9 heteroatoms. The summed E-state index contributed by atoms with van der Waals surface area (Å²) in [6.45, 7) is 3.32. The van der Waals surface area contributed by atoms with Gasteiger partial charge in [-0.2, -0.15) is 0 Å². The molecule has 2 aromatic carbocycles. The predicted molar refractivity (Wildman–Crippen MR) is 106 cm³/mol. The van der Waals surface area contributed by atoms with Gasteiger partial charge in [-0.1, -0.05) is 6.07 Å². The molecule has 0 heterocycles. The van der Waals surface area contributed by atoms with Crippen LogP contribution in [0.3, 0.4) is 0 Å². The summed E-state index contributed by atoms with van der Waals surface area (Å²) in [4.78, 5) is 23.2. The van der Waals surface area contributed by atoms with Gasteiger partial charge in [0.25, 0.3) is 5.91 Å². The highest BCUT2D eigenvalue weighted by atomic mass is 32.2. The Morgan fingerprint density at radius 2 is 1.71 bits per heavy atom. The molecule has 0 saturated carbocycles. The molecule has 0 radical (unpaired) electrons. The van der Waals surface area contributed by atoms with Crippen molar-refractivity contribution in [2.24, 2.45) is 0 Å². The fourth-order valence-electron chi connectivity index (χ4n) is 2.44. The summed E-state index contributed by atoms with van der Waals surface area (Å²) in [6.07, 6.45) is 0. The first kappa shape index (κ1) is 21.4. The maximum atomic E-state index is 12.5. The van der Waals surface area contributed by atoms with Gasteiger partial charge in [-0.25, -0.2) is 13.1 Å². The van der Waals surface area contributed by atoms with E-state index in [0.29, 0.717) is 11.3 Å². The van der Waals surface area contributed by atoms with Crippen LogP contribution in [0.1, 0.15) is 22.8 Å². The number of amides is 2. The molecule has 0 aliphatic heterocycles. The van der Waals surface area contributed by atoms with Crippen molar-refractivity contribution < 1.29 is 22.7 Å². The first-order valence-corrected chi connectivity index (χ1v) is 10.0. The minimum Gasteiger partial charge on any atom is -0.495 e. The number of hydrogen-bond acceptors (Lipinski definition) is 5. The highest BCUT2D eigenvalue weighted by molar-refractivity contribution is 7.89. The third-order valence-electron chi connectivity index (χ3n) is 3.78. The van der Waals surface area contributed by atoms with E-state index in [1.165, 1.54) is 20.1 Å². The second-order valence-corrected chi connectivity index (χ2v) is 7.80. The molecule has 0 aliphatic carbocycles. The Hall–Kier alpha value is -2.91. The van der Waals surface area contributed by atoms with Crippen molar-refractivity contribution in [2.75, 3.05) is 25.5 Å². The SMILES string of the molecule is COc1ccc(C)cc1S(=O)(=O)NCCNC(=O)c1ccc(NC(C)=O)cc1. The maximum absolute atomic E-state index is 12.5. The molecule has 3 N–H and O–H groups in total. The normalized spacial score (nSPS) is 11.0. The summed E-state index contributed by atoms with van der Waals surface area (Å²) in [5.74, 6) is -0.294. The second kappa shape index (κ2) is 9.34. The van der Waals surface area contributed by atoms with Gasteiger partial charge < -0.3 is 15.4 Å². The van der Waals surface area contributed by atoms with Gasteiger partial charge in [0, 0.05) is 31.3 Å². The van der Waals surface area contributed by atoms with E-state index >= 15 is 0 Å². The molecule has 0 spiro atoms. The molecule has 0 atom stereocenters. The van der Waals surface area contributed by atoms with Crippen LogP contribution < -0.4 is 20.1 Å². The molecule has 0 unspecified atom stereocenters. The zero-order valence-corrected chi connectivity index (χ0v) is 16.7. The number of sulfonamides is 1. The standard InChI is InChI=1S/C19H23N3O5S/c1-13-4-9-17(27-3)18(12-13)28(25,26)21-11-10-20-19(24)15-5-7-16(8-6-15)22-14(2)23/h4-9,12,21H,10-11H2,1-3H3,(H,20,24)(H,22,23). The molecule has 2 rings (SSSR count). The van der Waals surface area contributed by atoms with E-state index in [-0.39, 0.29) is 35.5 Å². The fourth-order valence-corrected chi connectivity index (χ4v) is 3.73. The number of carbonyl (C=O) groups is 2. The van der Waals surface area contributed by atoms with Crippen molar-refractivity contribution in [3.63, 3.8) is 0 Å². The van der Waals surface area contributed by atoms with E-state index in [1.54, 1.807) is 43.3 Å². The Kier molecular flexibility index (Phi) is 7.13. The molecule has 2 amide bonds. The third kappa shape index (κ3) is 5.80. The largest absolute Gasteiger partial charge is 0.495 e.